The summed E-state index contributed by atoms with van der Waals surface area (Å²) in [6.45, 7) is 1.72. The van der Waals surface area contributed by atoms with Gasteiger partial charge in [-0.2, -0.15) is 5.10 Å². The van der Waals surface area contributed by atoms with E-state index < -0.39 is 5.91 Å². The van der Waals surface area contributed by atoms with E-state index in [1.807, 2.05) is 0 Å². The van der Waals surface area contributed by atoms with Gasteiger partial charge >= 0.3 is 0 Å². The first-order chi connectivity index (χ1) is 9.66. The van der Waals surface area contributed by atoms with Crippen LogP contribution in [0.25, 0.3) is 0 Å². The van der Waals surface area contributed by atoms with Gasteiger partial charge < -0.3 is 10.4 Å². The van der Waals surface area contributed by atoms with Crippen LogP contribution in [0.4, 0.5) is 0 Å². The molecule has 0 spiro atoms. The summed E-state index contributed by atoms with van der Waals surface area (Å²) >= 11 is 0. The number of hydrogen-bond donors (Lipinski definition) is 0. The summed E-state index contributed by atoms with van der Waals surface area (Å²) < 4.78 is 0. The molecule has 1 aromatic rings. The minimum absolute atomic E-state index is 0.240. The molecular formula is C15H20N3O2-. The Morgan fingerprint density at radius 3 is 2.65 bits per heavy atom. The van der Waals surface area contributed by atoms with Crippen molar-refractivity contribution in [2.45, 2.75) is 45.4 Å². The zero-order chi connectivity index (χ0) is 14.4. The van der Waals surface area contributed by atoms with Crippen molar-refractivity contribution in [3.8, 4) is 0 Å². The summed E-state index contributed by atoms with van der Waals surface area (Å²) in [4.78, 5) is 15.8. The van der Waals surface area contributed by atoms with Crippen LogP contribution < -0.4 is 0 Å². The fourth-order valence-electron chi connectivity index (χ4n) is 2.56. The van der Waals surface area contributed by atoms with Crippen LogP contribution in [0.2, 0.25) is 0 Å². The SMILES string of the molecule is CC(=NN([O-])C(=O)CC1CCCCC1)c1ccncc1. The molecule has 0 aliphatic heterocycles. The predicted octanol–water partition coefficient (Wildman–Crippen LogP) is 3.10. The first kappa shape index (κ1) is 14.7. The van der Waals surface area contributed by atoms with Crippen LogP contribution in [0.1, 0.15) is 51.0 Å². The molecule has 5 nitrogen and oxygen atoms in total. The number of rotatable bonds is 4. The Morgan fingerprint density at radius 2 is 2.00 bits per heavy atom. The number of hydrogen-bond acceptors (Lipinski definition) is 4. The molecule has 1 aliphatic rings. The van der Waals surface area contributed by atoms with Gasteiger partial charge in [0.2, 0.25) is 5.91 Å². The number of hydroxylamine groups is 1. The number of hydrazone groups is 1. The molecule has 0 bridgehead atoms. The lowest BCUT2D eigenvalue weighted by Gasteiger charge is -2.27. The van der Waals surface area contributed by atoms with Crippen LogP contribution in [0, 0.1) is 11.1 Å². The lowest BCUT2D eigenvalue weighted by molar-refractivity contribution is -0.129. The van der Waals surface area contributed by atoms with Crippen molar-refractivity contribution in [1.29, 1.82) is 0 Å². The smallest absolute Gasteiger partial charge is 0.232 e. The van der Waals surface area contributed by atoms with Gasteiger partial charge in [-0.25, -0.2) is 0 Å². The van der Waals surface area contributed by atoms with E-state index in [4.69, 9.17) is 0 Å². The van der Waals surface area contributed by atoms with E-state index in [0.29, 0.717) is 18.1 Å². The normalized spacial score (nSPS) is 17.0. The van der Waals surface area contributed by atoms with Gasteiger partial charge in [-0.05, 0) is 37.8 Å². The second kappa shape index (κ2) is 7.14. The van der Waals surface area contributed by atoms with Gasteiger partial charge in [-0.15, -0.1) is 0 Å². The van der Waals surface area contributed by atoms with Crippen LogP contribution in [0.5, 0.6) is 0 Å². The quantitative estimate of drug-likeness (QED) is 0.625. The lowest BCUT2D eigenvalue weighted by Crippen LogP contribution is -2.24. The number of nitrogens with zero attached hydrogens (tertiary/aromatic N) is 3. The van der Waals surface area contributed by atoms with Gasteiger partial charge in [-0.1, -0.05) is 19.3 Å². The van der Waals surface area contributed by atoms with Crippen molar-refractivity contribution >= 4 is 11.6 Å². The van der Waals surface area contributed by atoms with Crippen molar-refractivity contribution in [3.63, 3.8) is 0 Å². The lowest BCUT2D eigenvalue weighted by atomic mass is 9.87. The van der Waals surface area contributed by atoms with Gasteiger partial charge in [-0.3, -0.25) is 9.78 Å². The first-order valence-corrected chi connectivity index (χ1v) is 7.12. The van der Waals surface area contributed by atoms with E-state index in [1.165, 1.54) is 6.42 Å². The fourth-order valence-corrected chi connectivity index (χ4v) is 2.56. The molecule has 0 atom stereocenters. The summed E-state index contributed by atoms with van der Waals surface area (Å²) in [5.74, 6) is -0.0885. The van der Waals surface area contributed by atoms with Crippen molar-refractivity contribution in [3.05, 3.63) is 35.3 Å². The van der Waals surface area contributed by atoms with Gasteiger partial charge in [0.05, 0.1) is 5.71 Å². The molecule has 0 aromatic carbocycles. The molecule has 20 heavy (non-hydrogen) atoms. The maximum Gasteiger partial charge on any atom is 0.232 e. The van der Waals surface area contributed by atoms with Crippen LogP contribution in [-0.4, -0.2) is 21.8 Å². The Hall–Kier alpha value is -1.75. The van der Waals surface area contributed by atoms with Crippen molar-refractivity contribution < 1.29 is 4.79 Å². The van der Waals surface area contributed by atoms with Gasteiger partial charge in [0.25, 0.3) is 0 Å². The van der Waals surface area contributed by atoms with E-state index in [9.17, 15) is 10.0 Å². The highest BCUT2D eigenvalue weighted by atomic mass is 16.5. The van der Waals surface area contributed by atoms with Crippen LogP contribution in [0.15, 0.2) is 29.6 Å². The molecule has 5 heteroatoms. The largest absolute Gasteiger partial charge is 0.735 e. The molecule has 1 aliphatic carbocycles. The maximum atomic E-state index is 11.9. The third-order valence-electron chi connectivity index (χ3n) is 3.74. The van der Waals surface area contributed by atoms with Gasteiger partial charge in [0.15, 0.2) is 0 Å². The summed E-state index contributed by atoms with van der Waals surface area (Å²) in [5, 5.41) is 15.8. The molecule has 1 amide bonds. The second-order valence-corrected chi connectivity index (χ2v) is 5.30. The number of aromatic nitrogens is 1. The molecule has 0 unspecified atom stereocenters. The Kier molecular flexibility index (Phi) is 5.24. The van der Waals surface area contributed by atoms with E-state index >= 15 is 0 Å². The van der Waals surface area contributed by atoms with E-state index in [0.717, 1.165) is 31.2 Å². The number of carbonyl (C=O) groups is 1. The molecular weight excluding hydrogens is 254 g/mol. The van der Waals surface area contributed by atoms with Crippen LogP contribution >= 0.6 is 0 Å². The van der Waals surface area contributed by atoms with Crippen LogP contribution in [0.3, 0.4) is 0 Å². The summed E-state index contributed by atoms with van der Waals surface area (Å²) in [6.07, 6.45) is 9.24. The predicted molar refractivity (Wildman–Crippen MR) is 77.9 cm³/mol. The summed E-state index contributed by atoms with van der Waals surface area (Å²) in [7, 11) is 0. The average Bonchev–Trinajstić information content (AvgIpc) is 2.49. The number of carbonyl (C=O) groups excluding carboxylic acids is 1. The van der Waals surface area contributed by atoms with Crippen LogP contribution in [-0.2, 0) is 4.79 Å². The van der Waals surface area contributed by atoms with Gasteiger partial charge in [0.1, 0.15) is 0 Å². The Labute approximate surface area is 119 Å². The zero-order valence-electron chi connectivity index (χ0n) is 11.8. The Bertz CT molecular complexity index is 467. The third kappa shape index (κ3) is 4.13. The molecule has 0 saturated heterocycles. The highest BCUT2D eigenvalue weighted by molar-refractivity contribution is 5.99. The maximum absolute atomic E-state index is 11.9. The fraction of sp³-hybridized carbons (Fsp3) is 0.533. The Balaban J connectivity index is 1.93. The van der Waals surface area contributed by atoms with Crippen molar-refractivity contribution in [2.24, 2.45) is 11.0 Å². The molecule has 1 fully saturated rings. The van der Waals surface area contributed by atoms with E-state index in [1.54, 1.807) is 31.5 Å². The van der Waals surface area contributed by atoms with Crippen molar-refractivity contribution in [1.82, 2.24) is 10.2 Å². The standard InChI is InChI=1S/C15H20N3O2/c1-12(14-7-9-16-10-8-14)17-18(20)15(19)11-13-5-3-2-4-6-13/h7-10,13H,2-6,11H2,1H3/q-1. The highest BCUT2D eigenvalue weighted by Crippen LogP contribution is 2.26. The first-order valence-electron chi connectivity index (χ1n) is 7.12. The molecule has 2 rings (SSSR count). The number of amides is 1. The summed E-state index contributed by atoms with van der Waals surface area (Å²) in [6, 6.07) is 3.52. The van der Waals surface area contributed by atoms with E-state index in [2.05, 4.69) is 10.1 Å². The minimum atomic E-state index is -0.440. The topological polar surface area (TPSA) is 68.6 Å². The molecule has 1 aromatic heterocycles. The monoisotopic (exact) mass is 274 g/mol. The molecule has 1 saturated carbocycles. The zero-order valence-corrected chi connectivity index (χ0v) is 11.8. The number of pyridine rings is 1. The minimum Gasteiger partial charge on any atom is -0.735 e. The van der Waals surface area contributed by atoms with E-state index in [-0.39, 0.29) is 5.17 Å². The van der Waals surface area contributed by atoms with Crippen molar-refractivity contribution in [2.75, 3.05) is 0 Å². The Morgan fingerprint density at radius 1 is 1.35 bits per heavy atom. The average molecular weight is 274 g/mol. The van der Waals surface area contributed by atoms with Gasteiger partial charge in [0, 0.05) is 24.4 Å². The second-order valence-electron chi connectivity index (χ2n) is 5.30. The molecule has 0 radical (unpaired) electrons. The third-order valence-corrected chi connectivity index (χ3v) is 3.74. The molecule has 0 N–H and O–H groups in total. The highest BCUT2D eigenvalue weighted by Gasteiger charge is 2.17. The summed E-state index contributed by atoms with van der Waals surface area (Å²) in [5.41, 5.74) is 1.32. The molecule has 108 valence electrons. The molecule has 1 heterocycles.